The fourth-order valence-corrected chi connectivity index (χ4v) is 2.27. The van der Waals surface area contributed by atoms with Crippen LogP contribution >= 0.6 is 12.2 Å². The van der Waals surface area contributed by atoms with Crippen LogP contribution in [0.4, 0.5) is 5.82 Å². The molecule has 0 fully saturated rings. The number of pyridine rings is 1. The van der Waals surface area contributed by atoms with Crippen molar-refractivity contribution in [3.63, 3.8) is 0 Å². The van der Waals surface area contributed by atoms with Crippen LogP contribution in [-0.2, 0) is 6.42 Å². The van der Waals surface area contributed by atoms with E-state index in [1.807, 2.05) is 37.3 Å². The average molecular weight is 331 g/mol. The maximum atomic E-state index is 5.30. The van der Waals surface area contributed by atoms with Gasteiger partial charge in [0, 0.05) is 12.7 Å². The maximum Gasteiger partial charge on any atom is 0.171 e. The van der Waals surface area contributed by atoms with Gasteiger partial charge in [0.1, 0.15) is 5.82 Å². The summed E-state index contributed by atoms with van der Waals surface area (Å²) in [6.45, 7) is 2.71. The number of ether oxygens (including phenoxy) is 2. The second-order valence-electron chi connectivity index (χ2n) is 5.04. The van der Waals surface area contributed by atoms with Gasteiger partial charge in [-0.05, 0) is 54.9 Å². The van der Waals surface area contributed by atoms with Gasteiger partial charge in [-0.2, -0.15) is 0 Å². The number of hydrogen-bond acceptors (Lipinski definition) is 4. The van der Waals surface area contributed by atoms with Gasteiger partial charge in [-0.3, -0.25) is 0 Å². The van der Waals surface area contributed by atoms with Crippen LogP contribution in [0.15, 0.2) is 36.5 Å². The van der Waals surface area contributed by atoms with E-state index in [0.29, 0.717) is 11.7 Å². The minimum absolute atomic E-state index is 0.557. The second-order valence-corrected chi connectivity index (χ2v) is 5.45. The first-order valence-corrected chi connectivity index (χ1v) is 7.71. The van der Waals surface area contributed by atoms with Crippen LogP contribution in [0.2, 0.25) is 0 Å². The number of aryl methyl sites for hydroxylation is 1. The number of nitrogens with zero attached hydrogens (tertiary/aromatic N) is 1. The predicted molar refractivity (Wildman–Crippen MR) is 96.4 cm³/mol. The number of thiocarbonyl (C=S) groups is 1. The first-order valence-electron chi connectivity index (χ1n) is 7.31. The van der Waals surface area contributed by atoms with E-state index in [1.54, 1.807) is 20.4 Å². The van der Waals surface area contributed by atoms with Crippen LogP contribution in [0.1, 0.15) is 11.1 Å². The normalized spacial score (nSPS) is 10.0. The number of methoxy groups -OCH3 is 2. The summed E-state index contributed by atoms with van der Waals surface area (Å²) in [5, 5.41) is 6.79. The Balaban J connectivity index is 1.82. The zero-order chi connectivity index (χ0) is 16.7. The van der Waals surface area contributed by atoms with Crippen molar-refractivity contribution in [3.8, 4) is 11.5 Å². The van der Waals surface area contributed by atoms with Gasteiger partial charge in [0.15, 0.2) is 16.6 Å². The Morgan fingerprint density at radius 1 is 1.13 bits per heavy atom. The monoisotopic (exact) mass is 331 g/mol. The number of anilines is 1. The summed E-state index contributed by atoms with van der Waals surface area (Å²) >= 11 is 5.27. The minimum atomic E-state index is 0.557. The highest BCUT2D eigenvalue weighted by Gasteiger charge is 2.05. The highest BCUT2D eigenvalue weighted by molar-refractivity contribution is 7.80. The first kappa shape index (κ1) is 17.0. The molecule has 0 unspecified atom stereocenters. The Kier molecular flexibility index (Phi) is 6.17. The van der Waals surface area contributed by atoms with Crippen LogP contribution in [0.3, 0.4) is 0 Å². The van der Waals surface area contributed by atoms with E-state index in [-0.39, 0.29) is 0 Å². The van der Waals surface area contributed by atoms with Crippen molar-refractivity contribution in [2.45, 2.75) is 13.3 Å². The van der Waals surface area contributed by atoms with Gasteiger partial charge in [-0.1, -0.05) is 12.1 Å². The minimum Gasteiger partial charge on any atom is -0.493 e. The van der Waals surface area contributed by atoms with Crippen LogP contribution in [-0.4, -0.2) is 30.9 Å². The predicted octanol–water partition coefficient (Wildman–Crippen LogP) is 2.94. The molecule has 6 heteroatoms. The average Bonchev–Trinajstić information content (AvgIpc) is 2.56. The Morgan fingerprint density at radius 2 is 1.91 bits per heavy atom. The summed E-state index contributed by atoms with van der Waals surface area (Å²) in [6.07, 6.45) is 2.62. The third-order valence-corrected chi connectivity index (χ3v) is 3.55. The molecule has 0 spiro atoms. The summed E-state index contributed by atoms with van der Waals surface area (Å²) < 4.78 is 10.5. The van der Waals surface area contributed by atoms with E-state index in [9.17, 15) is 0 Å². The molecule has 0 aliphatic carbocycles. The molecule has 0 saturated carbocycles. The van der Waals surface area contributed by atoms with Gasteiger partial charge < -0.3 is 20.1 Å². The maximum absolute atomic E-state index is 5.30. The molecule has 0 aliphatic heterocycles. The quantitative estimate of drug-likeness (QED) is 0.794. The molecule has 0 atom stereocenters. The zero-order valence-electron chi connectivity index (χ0n) is 13.6. The van der Waals surface area contributed by atoms with Crippen LogP contribution in [0, 0.1) is 6.92 Å². The molecule has 1 aromatic carbocycles. The third kappa shape index (κ3) is 5.10. The highest BCUT2D eigenvalue weighted by Crippen LogP contribution is 2.27. The summed E-state index contributed by atoms with van der Waals surface area (Å²) in [6, 6.07) is 9.78. The van der Waals surface area contributed by atoms with Crippen molar-refractivity contribution in [1.82, 2.24) is 10.3 Å². The molecular weight excluding hydrogens is 310 g/mol. The van der Waals surface area contributed by atoms with Crippen molar-refractivity contribution in [3.05, 3.63) is 47.7 Å². The van der Waals surface area contributed by atoms with Crippen molar-refractivity contribution in [2.24, 2.45) is 0 Å². The summed E-state index contributed by atoms with van der Waals surface area (Å²) in [5.74, 6) is 2.20. The zero-order valence-corrected chi connectivity index (χ0v) is 14.4. The molecule has 1 heterocycles. The van der Waals surface area contributed by atoms with E-state index in [0.717, 1.165) is 34.9 Å². The highest BCUT2D eigenvalue weighted by atomic mass is 32.1. The first-order chi connectivity index (χ1) is 11.1. The molecule has 2 aromatic rings. The fraction of sp³-hybridized carbons (Fsp3) is 0.294. The fourth-order valence-electron chi connectivity index (χ4n) is 2.06. The molecule has 2 rings (SSSR count). The van der Waals surface area contributed by atoms with Gasteiger partial charge in [0.2, 0.25) is 0 Å². The molecule has 2 N–H and O–H groups in total. The number of hydrogen-bond donors (Lipinski definition) is 2. The Labute approximate surface area is 142 Å². The summed E-state index contributed by atoms with van der Waals surface area (Å²) in [7, 11) is 3.26. The number of benzene rings is 1. The Bertz CT molecular complexity index is 659. The standard InChI is InChI=1S/C17H21N3O2S/c1-12-4-7-16(19-11-12)20-17(23)18-9-8-13-5-6-14(21-2)15(10-13)22-3/h4-7,10-11H,8-9H2,1-3H3,(H2,18,19,20,23). The molecule has 1 aromatic heterocycles. The van der Waals surface area contributed by atoms with E-state index >= 15 is 0 Å². The molecule has 0 radical (unpaired) electrons. The number of nitrogens with one attached hydrogen (secondary N) is 2. The van der Waals surface area contributed by atoms with E-state index in [4.69, 9.17) is 21.7 Å². The lowest BCUT2D eigenvalue weighted by molar-refractivity contribution is 0.354. The topological polar surface area (TPSA) is 55.4 Å². The van der Waals surface area contributed by atoms with Gasteiger partial charge >= 0.3 is 0 Å². The molecule has 0 saturated heterocycles. The number of rotatable bonds is 6. The van der Waals surface area contributed by atoms with E-state index < -0.39 is 0 Å². The largest absolute Gasteiger partial charge is 0.493 e. The van der Waals surface area contributed by atoms with Crippen molar-refractivity contribution in [2.75, 3.05) is 26.1 Å². The molecule has 122 valence electrons. The van der Waals surface area contributed by atoms with Crippen LogP contribution in [0.25, 0.3) is 0 Å². The lowest BCUT2D eigenvalue weighted by Gasteiger charge is -2.12. The smallest absolute Gasteiger partial charge is 0.171 e. The van der Waals surface area contributed by atoms with E-state index in [2.05, 4.69) is 15.6 Å². The van der Waals surface area contributed by atoms with Gasteiger partial charge in [0.05, 0.1) is 14.2 Å². The lowest BCUT2D eigenvalue weighted by Crippen LogP contribution is -2.30. The summed E-state index contributed by atoms with van der Waals surface area (Å²) in [4.78, 5) is 4.26. The SMILES string of the molecule is COc1ccc(CCNC(=S)Nc2ccc(C)cn2)cc1OC. The van der Waals surface area contributed by atoms with Gasteiger partial charge in [-0.25, -0.2) is 4.98 Å². The molecular formula is C17H21N3O2S. The van der Waals surface area contributed by atoms with Crippen LogP contribution < -0.4 is 20.1 Å². The molecule has 0 amide bonds. The molecule has 23 heavy (non-hydrogen) atoms. The van der Waals surface area contributed by atoms with Crippen molar-refractivity contribution in [1.29, 1.82) is 0 Å². The molecule has 0 aliphatic rings. The lowest BCUT2D eigenvalue weighted by atomic mass is 10.1. The van der Waals surface area contributed by atoms with Crippen molar-refractivity contribution >= 4 is 23.1 Å². The van der Waals surface area contributed by atoms with Gasteiger partial charge in [-0.15, -0.1) is 0 Å². The third-order valence-electron chi connectivity index (χ3n) is 3.30. The second kappa shape index (κ2) is 8.33. The Morgan fingerprint density at radius 3 is 2.57 bits per heavy atom. The number of aromatic nitrogens is 1. The van der Waals surface area contributed by atoms with Crippen molar-refractivity contribution < 1.29 is 9.47 Å². The Hall–Kier alpha value is -2.34. The van der Waals surface area contributed by atoms with Crippen LogP contribution in [0.5, 0.6) is 11.5 Å². The molecule has 0 bridgehead atoms. The van der Waals surface area contributed by atoms with E-state index in [1.165, 1.54) is 0 Å². The molecule has 5 nitrogen and oxygen atoms in total. The summed E-state index contributed by atoms with van der Waals surface area (Å²) in [5.41, 5.74) is 2.26. The van der Waals surface area contributed by atoms with Gasteiger partial charge in [0.25, 0.3) is 0 Å².